The van der Waals surface area contributed by atoms with E-state index in [4.69, 9.17) is 9.47 Å². The molecule has 1 N–H and O–H groups in total. The second-order valence-corrected chi connectivity index (χ2v) is 7.94. The summed E-state index contributed by atoms with van der Waals surface area (Å²) in [5.41, 5.74) is 2.27. The quantitative estimate of drug-likeness (QED) is 0.491. The lowest BCUT2D eigenvalue weighted by Crippen LogP contribution is -2.52. The van der Waals surface area contributed by atoms with Crippen molar-refractivity contribution in [1.82, 2.24) is 19.8 Å². The van der Waals surface area contributed by atoms with Crippen molar-refractivity contribution < 1.29 is 14.6 Å². The molecular weight excluding hydrogens is 388 g/mol. The number of hydrogen-bond donors (Lipinski definition) is 1. The Kier molecular flexibility index (Phi) is 8.11. The van der Waals surface area contributed by atoms with Gasteiger partial charge in [0.15, 0.2) is 5.16 Å². The van der Waals surface area contributed by atoms with Crippen molar-refractivity contribution in [1.29, 1.82) is 0 Å². The highest BCUT2D eigenvalue weighted by Crippen LogP contribution is 2.25. The summed E-state index contributed by atoms with van der Waals surface area (Å²) in [6.07, 6.45) is 6.55. The topological polar surface area (TPSA) is 71.0 Å². The van der Waals surface area contributed by atoms with Gasteiger partial charge in [-0.25, -0.2) is 9.97 Å². The van der Waals surface area contributed by atoms with E-state index in [1.807, 2.05) is 24.7 Å². The molecule has 0 spiro atoms. The van der Waals surface area contributed by atoms with Crippen LogP contribution in [0.3, 0.4) is 0 Å². The van der Waals surface area contributed by atoms with Crippen molar-refractivity contribution in [3.05, 3.63) is 41.7 Å². The van der Waals surface area contributed by atoms with Gasteiger partial charge in [-0.2, -0.15) is 0 Å². The fraction of sp³-hybridized carbons (Fsp3) is 0.524. The largest absolute Gasteiger partial charge is 0.497 e. The van der Waals surface area contributed by atoms with Crippen LogP contribution in [0.4, 0.5) is 0 Å². The molecule has 2 aromatic rings. The highest BCUT2D eigenvalue weighted by molar-refractivity contribution is 7.98. The molecule has 1 aromatic heterocycles. The predicted octanol–water partition coefficient (Wildman–Crippen LogP) is 2.28. The minimum absolute atomic E-state index is 0.183. The molecule has 0 saturated carbocycles. The van der Waals surface area contributed by atoms with Gasteiger partial charge in [0.1, 0.15) is 11.5 Å². The van der Waals surface area contributed by atoms with E-state index in [2.05, 4.69) is 31.9 Å². The second kappa shape index (κ2) is 10.8. The molecule has 29 heavy (non-hydrogen) atoms. The Morgan fingerprint density at radius 2 is 1.72 bits per heavy atom. The monoisotopic (exact) mass is 418 g/mol. The number of piperazine rings is 1. The normalized spacial score (nSPS) is 18.0. The molecule has 0 amide bonds. The number of hydrogen-bond acceptors (Lipinski definition) is 8. The summed E-state index contributed by atoms with van der Waals surface area (Å²) in [5.74, 6) is 1.59. The number of benzene rings is 1. The van der Waals surface area contributed by atoms with E-state index < -0.39 is 0 Å². The van der Waals surface area contributed by atoms with Gasteiger partial charge < -0.3 is 14.6 Å². The van der Waals surface area contributed by atoms with Gasteiger partial charge in [-0.1, -0.05) is 11.8 Å². The Balaban J connectivity index is 1.65. The SMILES string of the molecule is COc1cc(CN2CCN(Cc3cnc(SC)nc3)CC2CCO)cc(OC)c1. The summed E-state index contributed by atoms with van der Waals surface area (Å²) in [6.45, 7) is 4.63. The van der Waals surface area contributed by atoms with E-state index >= 15 is 0 Å². The molecule has 0 aliphatic carbocycles. The Bertz CT molecular complexity index is 753. The van der Waals surface area contributed by atoms with Gasteiger partial charge >= 0.3 is 0 Å². The van der Waals surface area contributed by atoms with Gasteiger partial charge in [-0.3, -0.25) is 9.80 Å². The van der Waals surface area contributed by atoms with Crippen LogP contribution in [0, 0.1) is 0 Å². The summed E-state index contributed by atoms with van der Waals surface area (Å²) < 4.78 is 10.8. The number of aliphatic hydroxyl groups excluding tert-OH is 1. The molecule has 2 heterocycles. The van der Waals surface area contributed by atoms with Crippen LogP contribution in [-0.4, -0.2) is 77.6 Å². The third-order valence-corrected chi connectivity index (χ3v) is 5.79. The van der Waals surface area contributed by atoms with E-state index in [0.29, 0.717) is 0 Å². The Morgan fingerprint density at radius 1 is 1.03 bits per heavy atom. The summed E-state index contributed by atoms with van der Waals surface area (Å²) in [5, 5.41) is 10.4. The van der Waals surface area contributed by atoms with Crippen molar-refractivity contribution >= 4 is 11.8 Å². The molecule has 7 nitrogen and oxygen atoms in total. The molecule has 1 fully saturated rings. The summed E-state index contributed by atoms with van der Waals surface area (Å²) >= 11 is 1.55. The number of nitrogens with zero attached hydrogens (tertiary/aromatic N) is 4. The van der Waals surface area contributed by atoms with Gasteiger partial charge in [0.05, 0.1) is 14.2 Å². The minimum Gasteiger partial charge on any atom is -0.497 e. The van der Waals surface area contributed by atoms with Gasteiger partial charge in [0.2, 0.25) is 0 Å². The number of thioether (sulfide) groups is 1. The first-order valence-corrected chi connectivity index (χ1v) is 11.0. The third-order valence-electron chi connectivity index (χ3n) is 5.22. The average Bonchev–Trinajstić information content (AvgIpc) is 2.76. The van der Waals surface area contributed by atoms with Crippen LogP contribution in [0.1, 0.15) is 17.5 Å². The van der Waals surface area contributed by atoms with E-state index in [1.165, 1.54) is 0 Å². The van der Waals surface area contributed by atoms with Gasteiger partial charge in [0, 0.05) is 69.4 Å². The van der Waals surface area contributed by atoms with Crippen molar-refractivity contribution in [3.63, 3.8) is 0 Å². The van der Waals surface area contributed by atoms with E-state index in [1.54, 1.807) is 26.0 Å². The maximum Gasteiger partial charge on any atom is 0.187 e. The Labute approximate surface area is 177 Å². The smallest absolute Gasteiger partial charge is 0.187 e. The lowest BCUT2D eigenvalue weighted by Gasteiger charge is -2.41. The first kappa shape index (κ1) is 21.8. The number of aliphatic hydroxyl groups is 1. The molecule has 1 unspecified atom stereocenters. The Morgan fingerprint density at radius 3 is 2.31 bits per heavy atom. The zero-order chi connectivity index (χ0) is 20.6. The van der Waals surface area contributed by atoms with Gasteiger partial charge in [-0.05, 0) is 30.4 Å². The first-order chi connectivity index (χ1) is 14.1. The Hall–Kier alpha value is -1.87. The van der Waals surface area contributed by atoms with Crippen LogP contribution in [0.5, 0.6) is 11.5 Å². The number of ether oxygens (including phenoxy) is 2. The lowest BCUT2D eigenvalue weighted by atomic mass is 10.1. The van der Waals surface area contributed by atoms with Crippen molar-refractivity contribution in [2.75, 3.05) is 46.7 Å². The minimum atomic E-state index is 0.183. The van der Waals surface area contributed by atoms with E-state index in [0.717, 1.165) is 66.9 Å². The second-order valence-electron chi connectivity index (χ2n) is 7.17. The molecular formula is C21H30N4O3S. The molecule has 0 radical (unpaired) electrons. The molecule has 1 aliphatic rings. The summed E-state index contributed by atoms with van der Waals surface area (Å²) in [4.78, 5) is 13.6. The molecule has 3 rings (SSSR count). The highest BCUT2D eigenvalue weighted by Gasteiger charge is 2.27. The molecule has 1 atom stereocenters. The number of rotatable bonds is 9. The van der Waals surface area contributed by atoms with Crippen LogP contribution in [0.25, 0.3) is 0 Å². The third kappa shape index (κ3) is 6.05. The highest BCUT2D eigenvalue weighted by atomic mass is 32.2. The molecule has 158 valence electrons. The van der Waals surface area contributed by atoms with Crippen LogP contribution in [-0.2, 0) is 13.1 Å². The summed E-state index contributed by atoms with van der Waals surface area (Å²) in [7, 11) is 3.34. The first-order valence-electron chi connectivity index (χ1n) is 9.79. The molecule has 1 saturated heterocycles. The maximum absolute atomic E-state index is 9.59. The fourth-order valence-corrected chi connectivity index (χ4v) is 4.03. The molecule has 1 aliphatic heterocycles. The van der Waals surface area contributed by atoms with Crippen molar-refractivity contribution in [2.24, 2.45) is 0 Å². The molecule has 0 bridgehead atoms. The zero-order valence-corrected chi connectivity index (χ0v) is 18.2. The van der Waals surface area contributed by atoms with Crippen LogP contribution >= 0.6 is 11.8 Å². The van der Waals surface area contributed by atoms with Gasteiger partial charge in [-0.15, -0.1) is 0 Å². The van der Waals surface area contributed by atoms with Crippen molar-refractivity contribution in [3.8, 4) is 11.5 Å². The fourth-order valence-electron chi connectivity index (χ4n) is 3.71. The van der Waals surface area contributed by atoms with Gasteiger partial charge in [0.25, 0.3) is 0 Å². The predicted molar refractivity (Wildman–Crippen MR) is 115 cm³/mol. The maximum atomic E-state index is 9.59. The van der Waals surface area contributed by atoms with Crippen molar-refractivity contribution in [2.45, 2.75) is 30.7 Å². The molecule has 1 aromatic carbocycles. The number of methoxy groups -OCH3 is 2. The summed E-state index contributed by atoms with van der Waals surface area (Å²) in [6, 6.07) is 6.28. The average molecular weight is 419 g/mol. The lowest BCUT2D eigenvalue weighted by molar-refractivity contribution is 0.0498. The number of aromatic nitrogens is 2. The van der Waals surface area contributed by atoms with E-state index in [9.17, 15) is 5.11 Å². The standard InChI is InChI=1S/C21H30N4O3S/c1-27-19-8-16(9-20(10-19)28-2)14-25-6-5-24(15-18(25)4-7-26)13-17-11-22-21(29-3)23-12-17/h8-12,18,26H,4-7,13-15H2,1-3H3. The zero-order valence-electron chi connectivity index (χ0n) is 17.4. The van der Waals surface area contributed by atoms with Crippen LogP contribution < -0.4 is 9.47 Å². The molecule has 8 heteroatoms. The van der Waals surface area contributed by atoms with Crippen LogP contribution in [0.15, 0.2) is 35.7 Å². The van der Waals surface area contributed by atoms with Crippen LogP contribution in [0.2, 0.25) is 0 Å². The van der Waals surface area contributed by atoms with E-state index in [-0.39, 0.29) is 12.6 Å².